The van der Waals surface area contributed by atoms with E-state index in [1.54, 1.807) is 23.2 Å². The van der Waals surface area contributed by atoms with Crippen LogP contribution in [0.2, 0.25) is 0 Å². The molecule has 0 atom stereocenters. The number of benzene rings is 1. The first-order valence-corrected chi connectivity index (χ1v) is 10.1. The van der Waals surface area contributed by atoms with Gasteiger partial charge in [0.2, 0.25) is 0 Å². The fourth-order valence-corrected chi connectivity index (χ4v) is 3.76. The van der Waals surface area contributed by atoms with Gasteiger partial charge in [-0.2, -0.15) is 0 Å². The van der Waals surface area contributed by atoms with Gasteiger partial charge >= 0.3 is 0 Å². The predicted octanol–water partition coefficient (Wildman–Crippen LogP) is 3.49. The Balaban J connectivity index is 1.25. The quantitative estimate of drug-likeness (QED) is 0.646. The van der Waals surface area contributed by atoms with E-state index >= 15 is 0 Å². The lowest BCUT2D eigenvalue weighted by Gasteiger charge is -2.31. The fraction of sp³-hybridized carbons (Fsp3) is 0.348. The maximum Gasteiger partial charge on any atom is 0.289 e. The lowest BCUT2D eigenvalue weighted by atomic mass is 9.90. The topological polar surface area (TPSA) is 60.2 Å². The number of pyridine rings is 1. The third-order valence-electron chi connectivity index (χ3n) is 5.52. The summed E-state index contributed by atoms with van der Waals surface area (Å²) in [7, 11) is 1.86. The van der Waals surface area contributed by atoms with Gasteiger partial charge in [0, 0.05) is 44.9 Å². The van der Waals surface area contributed by atoms with Crippen LogP contribution >= 0.6 is 0 Å². The van der Waals surface area contributed by atoms with Crippen LogP contribution in [0, 0.1) is 5.92 Å². The summed E-state index contributed by atoms with van der Waals surface area (Å²) in [5.74, 6) is 2.00. The molecule has 2 aromatic heterocycles. The number of aromatic nitrogens is 3. The molecule has 0 saturated carbocycles. The van der Waals surface area contributed by atoms with E-state index < -0.39 is 0 Å². The van der Waals surface area contributed by atoms with Gasteiger partial charge in [0.25, 0.3) is 5.91 Å². The molecular weight excluding hydrogens is 364 g/mol. The van der Waals surface area contributed by atoms with E-state index in [-0.39, 0.29) is 5.91 Å². The van der Waals surface area contributed by atoms with Crippen molar-refractivity contribution in [2.45, 2.75) is 25.9 Å². The number of hydrogen-bond donors (Lipinski definition) is 0. The van der Waals surface area contributed by atoms with Crippen LogP contribution in [0.1, 0.15) is 34.6 Å². The number of aryl methyl sites for hydroxylation is 1. The van der Waals surface area contributed by atoms with Gasteiger partial charge in [-0.1, -0.05) is 24.3 Å². The molecule has 1 aliphatic heterocycles. The molecule has 1 fully saturated rings. The number of nitrogens with zero attached hydrogens (tertiary/aromatic N) is 4. The summed E-state index contributed by atoms with van der Waals surface area (Å²) in [5, 5.41) is 0. The highest BCUT2D eigenvalue weighted by Crippen LogP contribution is 2.23. The van der Waals surface area contributed by atoms with Gasteiger partial charge in [-0.05, 0) is 48.4 Å². The van der Waals surface area contributed by atoms with Crippen LogP contribution < -0.4 is 4.74 Å². The SMILES string of the molecule is Cn1ccnc1C(=O)N1CCC(Cc2ccc(COc3ccncc3)cc2)CC1. The molecule has 6 heteroatoms. The number of amides is 1. The zero-order valence-corrected chi connectivity index (χ0v) is 16.7. The highest BCUT2D eigenvalue weighted by atomic mass is 16.5. The molecule has 1 amide bonds. The average Bonchev–Trinajstić information content (AvgIpc) is 3.20. The van der Waals surface area contributed by atoms with Crippen LogP contribution in [0.25, 0.3) is 0 Å². The van der Waals surface area contributed by atoms with Gasteiger partial charge in [0.15, 0.2) is 5.82 Å². The minimum absolute atomic E-state index is 0.0366. The molecule has 1 saturated heterocycles. The minimum Gasteiger partial charge on any atom is -0.489 e. The molecule has 6 nitrogen and oxygen atoms in total. The molecule has 0 radical (unpaired) electrons. The lowest BCUT2D eigenvalue weighted by molar-refractivity contribution is 0.0674. The number of carbonyl (C=O) groups is 1. The summed E-state index contributed by atoms with van der Waals surface area (Å²) in [5.41, 5.74) is 2.49. The fourth-order valence-electron chi connectivity index (χ4n) is 3.76. The molecule has 4 rings (SSSR count). The molecule has 1 aliphatic rings. The molecule has 29 heavy (non-hydrogen) atoms. The van der Waals surface area contributed by atoms with E-state index in [1.807, 2.05) is 30.3 Å². The molecule has 1 aromatic carbocycles. The Kier molecular flexibility index (Phi) is 5.89. The van der Waals surface area contributed by atoms with Crippen molar-refractivity contribution in [3.63, 3.8) is 0 Å². The second-order valence-corrected chi connectivity index (χ2v) is 7.59. The average molecular weight is 390 g/mol. The van der Waals surface area contributed by atoms with E-state index in [4.69, 9.17) is 4.74 Å². The van der Waals surface area contributed by atoms with Crippen molar-refractivity contribution in [2.75, 3.05) is 13.1 Å². The Morgan fingerprint density at radius 1 is 1.03 bits per heavy atom. The van der Waals surface area contributed by atoms with Crippen LogP contribution in [0.4, 0.5) is 0 Å². The number of likely N-dealkylation sites (tertiary alicyclic amines) is 1. The van der Waals surface area contributed by atoms with Gasteiger partial charge in [0.1, 0.15) is 12.4 Å². The number of carbonyl (C=O) groups excluding carboxylic acids is 1. The first-order chi connectivity index (χ1) is 14.2. The number of rotatable bonds is 6. The number of imidazole rings is 1. The molecular formula is C23H26N4O2. The molecule has 3 aromatic rings. The molecule has 0 aliphatic carbocycles. The third kappa shape index (κ3) is 4.83. The van der Waals surface area contributed by atoms with Crippen molar-refractivity contribution >= 4 is 5.91 Å². The van der Waals surface area contributed by atoms with Crippen molar-refractivity contribution in [3.8, 4) is 5.75 Å². The first-order valence-electron chi connectivity index (χ1n) is 10.1. The molecule has 150 valence electrons. The largest absolute Gasteiger partial charge is 0.489 e. The smallest absolute Gasteiger partial charge is 0.289 e. The standard InChI is InChI=1S/C23H26N4O2/c1-26-15-12-25-22(26)23(28)27-13-8-19(9-14-27)16-18-2-4-20(5-3-18)17-29-21-6-10-24-11-7-21/h2-7,10-12,15,19H,8-9,13-14,16-17H2,1H3. The van der Waals surface area contributed by atoms with E-state index in [1.165, 1.54) is 5.56 Å². The van der Waals surface area contributed by atoms with Gasteiger partial charge in [-0.3, -0.25) is 9.78 Å². The van der Waals surface area contributed by atoms with Gasteiger partial charge < -0.3 is 14.2 Å². The van der Waals surface area contributed by atoms with Gasteiger partial charge in [-0.15, -0.1) is 0 Å². The van der Waals surface area contributed by atoms with E-state index in [0.717, 1.165) is 43.7 Å². The Bertz CT molecular complexity index is 929. The summed E-state index contributed by atoms with van der Waals surface area (Å²) < 4.78 is 7.56. The highest BCUT2D eigenvalue weighted by molar-refractivity contribution is 5.90. The maximum absolute atomic E-state index is 12.6. The molecule has 0 bridgehead atoms. The van der Waals surface area contributed by atoms with E-state index in [9.17, 15) is 4.79 Å². The molecule has 0 spiro atoms. The Labute approximate surface area is 171 Å². The normalized spacial score (nSPS) is 14.7. The van der Waals surface area contributed by atoms with Crippen LogP contribution in [-0.4, -0.2) is 38.4 Å². The van der Waals surface area contributed by atoms with Crippen LogP contribution in [0.15, 0.2) is 61.2 Å². The van der Waals surface area contributed by atoms with Crippen molar-refractivity contribution in [1.82, 2.24) is 19.4 Å². The summed E-state index contributed by atoms with van der Waals surface area (Å²) in [6, 6.07) is 12.4. The van der Waals surface area contributed by atoms with Crippen LogP contribution in [-0.2, 0) is 20.1 Å². The summed E-state index contributed by atoms with van der Waals surface area (Å²) in [6.45, 7) is 2.15. The summed E-state index contributed by atoms with van der Waals surface area (Å²) in [4.78, 5) is 22.7. The predicted molar refractivity (Wildman–Crippen MR) is 111 cm³/mol. The number of ether oxygens (including phenoxy) is 1. The van der Waals surface area contributed by atoms with Crippen molar-refractivity contribution in [2.24, 2.45) is 13.0 Å². The van der Waals surface area contributed by atoms with Gasteiger partial charge in [-0.25, -0.2) is 4.98 Å². The lowest BCUT2D eigenvalue weighted by Crippen LogP contribution is -2.39. The Hall–Kier alpha value is -3.15. The summed E-state index contributed by atoms with van der Waals surface area (Å²) in [6.07, 6.45) is 10.1. The maximum atomic E-state index is 12.6. The van der Waals surface area contributed by atoms with Crippen LogP contribution in [0.5, 0.6) is 5.75 Å². The number of piperidine rings is 1. The monoisotopic (exact) mass is 390 g/mol. The van der Waals surface area contributed by atoms with E-state index in [2.05, 4.69) is 34.2 Å². The zero-order chi connectivity index (χ0) is 20.1. The van der Waals surface area contributed by atoms with Crippen LogP contribution in [0.3, 0.4) is 0 Å². The van der Waals surface area contributed by atoms with Crippen molar-refractivity contribution < 1.29 is 9.53 Å². The second-order valence-electron chi connectivity index (χ2n) is 7.59. The highest BCUT2D eigenvalue weighted by Gasteiger charge is 2.25. The first kappa shape index (κ1) is 19.2. The third-order valence-corrected chi connectivity index (χ3v) is 5.52. The zero-order valence-electron chi connectivity index (χ0n) is 16.7. The minimum atomic E-state index is 0.0366. The molecule has 0 unspecified atom stereocenters. The second kappa shape index (κ2) is 8.90. The van der Waals surface area contributed by atoms with Crippen molar-refractivity contribution in [3.05, 3.63) is 78.1 Å². The Morgan fingerprint density at radius 2 is 1.72 bits per heavy atom. The number of hydrogen-bond acceptors (Lipinski definition) is 4. The van der Waals surface area contributed by atoms with E-state index in [0.29, 0.717) is 18.3 Å². The summed E-state index contributed by atoms with van der Waals surface area (Å²) >= 11 is 0. The van der Waals surface area contributed by atoms with Gasteiger partial charge in [0.05, 0.1) is 0 Å². The molecule has 3 heterocycles. The molecule has 0 N–H and O–H groups in total. The Morgan fingerprint density at radius 3 is 2.38 bits per heavy atom. The van der Waals surface area contributed by atoms with Crippen molar-refractivity contribution in [1.29, 1.82) is 0 Å².